The molecule has 0 aliphatic carbocycles. The lowest BCUT2D eigenvalue weighted by Gasteiger charge is -2.20. The fourth-order valence-electron chi connectivity index (χ4n) is 2.19. The predicted molar refractivity (Wildman–Crippen MR) is 65.7 cm³/mol. The van der Waals surface area contributed by atoms with Crippen molar-refractivity contribution in [3.8, 4) is 0 Å². The van der Waals surface area contributed by atoms with Gasteiger partial charge in [-0.1, -0.05) is 12.1 Å². The third-order valence-electron chi connectivity index (χ3n) is 3.19. The fraction of sp³-hybridized carbons (Fsp3) is 0.500. The molecule has 0 saturated carbocycles. The molecule has 1 saturated heterocycles. The van der Waals surface area contributed by atoms with Gasteiger partial charge in [0.05, 0.1) is 4.92 Å². The Morgan fingerprint density at radius 3 is 2.41 bits per heavy atom. The second kappa shape index (κ2) is 5.25. The van der Waals surface area contributed by atoms with Gasteiger partial charge in [-0.2, -0.15) is 0 Å². The molecule has 2 rings (SSSR count). The zero-order chi connectivity index (χ0) is 12.3. The third kappa shape index (κ3) is 3.01. The SMILES string of the molecule is NC(CN1CCCC1)c1ccc([N+](=O)[O-])cc1. The number of rotatable bonds is 4. The topological polar surface area (TPSA) is 72.4 Å². The van der Waals surface area contributed by atoms with Gasteiger partial charge in [0, 0.05) is 24.7 Å². The van der Waals surface area contributed by atoms with Gasteiger partial charge >= 0.3 is 0 Å². The van der Waals surface area contributed by atoms with E-state index in [0.717, 1.165) is 25.2 Å². The largest absolute Gasteiger partial charge is 0.323 e. The summed E-state index contributed by atoms with van der Waals surface area (Å²) in [5, 5.41) is 10.5. The molecule has 1 heterocycles. The van der Waals surface area contributed by atoms with E-state index < -0.39 is 4.92 Å². The van der Waals surface area contributed by atoms with Crippen molar-refractivity contribution in [2.75, 3.05) is 19.6 Å². The summed E-state index contributed by atoms with van der Waals surface area (Å²) in [6.07, 6.45) is 2.49. The van der Waals surface area contributed by atoms with Crippen LogP contribution in [-0.2, 0) is 0 Å². The summed E-state index contributed by atoms with van der Waals surface area (Å²) in [5.41, 5.74) is 7.16. The van der Waals surface area contributed by atoms with Crippen molar-refractivity contribution in [3.05, 3.63) is 39.9 Å². The van der Waals surface area contributed by atoms with Crippen LogP contribution in [0, 0.1) is 10.1 Å². The highest BCUT2D eigenvalue weighted by Crippen LogP contribution is 2.18. The summed E-state index contributed by atoms with van der Waals surface area (Å²) >= 11 is 0. The normalized spacial score (nSPS) is 18.2. The molecule has 1 atom stereocenters. The van der Waals surface area contributed by atoms with Crippen molar-refractivity contribution >= 4 is 5.69 Å². The van der Waals surface area contributed by atoms with Gasteiger partial charge in [0.2, 0.25) is 0 Å². The Kier molecular flexibility index (Phi) is 3.71. The Bertz CT molecular complexity index is 385. The van der Waals surface area contributed by atoms with Gasteiger partial charge in [0.15, 0.2) is 0 Å². The maximum absolute atomic E-state index is 10.5. The lowest BCUT2D eigenvalue weighted by molar-refractivity contribution is -0.384. The summed E-state index contributed by atoms with van der Waals surface area (Å²) < 4.78 is 0. The first-order chi connectivity index (χ1) is 8.16. The second-order valence-corrected chi connectivity index (χ2v) is 4.46. The van der Waals surface area contributed by atoms with Crippen LogP contribution in [0.15, 0.2) is 24.3 Å². The van der Waals surface area contributed by atoms with Crippen LogP contribution in [0.3, 0.4) is 0 Å². The zero-order valence-electron chi connectivity index (χ0n) is 9.71. The molecule has 1 aromatic rings. The first-order valence-electron chi connectivity index (χ1n) is 5.89. The van der Waals surface area contributed by atoms with Crippen LogP contribution >= 0.6 is 0 Å². The predicted octanol–water partition coefficient (Wildman–Crippen LogP) is 1.69. The van der Waals surface area contributed by atoms with Crippen molar-refractivity contribution in [2.45, 2.75) is 18.9 Å². The highest BCUT2D eigenvalue weighted by Gasteiger charge is 2.16. The molecule has 92 valence electrons. The van der Waals surface area contributed by atoms with Crippen LogP contribution in [0.25, 0.3) is 0 Å². The van der Waals surface area contributed by atoms with E-state index in [1.165, 1.54) is 25.0 Å². The molecule has 1 aliphatic rings. The smallest absolute Gasteiger partial charge is 0.269 e. The number of likely N-dealkylation sites (tertiary alicyclic amines) is 1. The van der Waals surface area contributed by atoms with Gasteiger partial charge in [-0.25, -0.2) is 0 Å². The molecule has 1 fully saturated rings. The van der Waals surface area contributed by atoms with Crippen LogP contribution < -0.4 is 5.73 Å². The number of non-ortho nitro benzene ring substituents is 1. The molecule has 0 aromatic heterocycles. The number of nitro benzene ring substituents is 1. The van der Waals surface area contributed by atoms with Crippen molar-refractivity contribution in [2.24, 2.45) is 5.73 Å². The molecule has 5 nitrogen and oxygen atoms in total. The molecule has 0 radical (unpaired) electrons. The van der Waals surface area contributed by atoms with Gasteiger partial charge in [0.1, 0.15) is 0 Å². The van der Waals surface area contributed by atoms with Crippen molar-refractivity contribution in [1.29, 1.82) is 0 Å². The lowest BCUT2D eigenvalue weighted by atomic mass is 10.1. The number of nitrogens with two attached hydrogens (primary N) is 1. The summed E-state index contributed by atoms with van der Waals surface area (Å²) in [4.78, 5) is 12.5. The minimum Gasteiger partial charge on any atom is -0.323 e. The number of nitrogens with zero attached hydrogens (tertiary/aromatic N) is 2. The molecule has 5 heteroatoms. The molecule has 2 N–H and O–H groups in total. The highest BCUT2D eigenvalue weighted by molar-refractivity contribution is 5.34. The minimum absolute atomic E-state index is 0.0612. The first kappa shape index (κ1) is 12.0. The van der Waals surface area contributed by atoms with Gasteiger partial charge in [-0.3, -0.25) is 10.1 Å². The van der Waals surface area contributed by atoms with Gasteiger partial charge in [0.25, 0.3) is 5.69 Å². The molecule has 0 spiro atoms. The van der Waals surface area contributed by atoms with E-state index in [1.54, 1.807) is 12.1 Å². The maximum Gasteiger partial charge on any atom is 0.269 e. The van der Waals surface area contributed by atoms with E-state index in [1.807, 2.05) is 0 Å². The number of hydrogen-bond donors (Lipinski definition) is 1. The van der Waals surface area contributed by atoms with E-state index in [2.05, 4.69) is 4.90 Å². The highest BCUT2D eigenvalue weighted by atomic mass is 16.6. The molecule has 1 aliphatic heterocycles. The average Bonchev–Trinajstić information content (AvgIpc) is 2.82. The standard InChI is InChI=1S/C12H17N3O2/c13-12(9-14-7-1-2-8-14)10-3-5-11(6-4-10)15(16)17/h3-6,12H,1-2,7-9,13H2. The Labute approximate surface area is 100 Å². The van der Waals surface area contributed by atoms with Crippen LogP contribution in [-0.4, -0.2) is 29.5 Å². The molecular weight excluding hydrogens is 218 g/mol. The van der Waals surface area contributed by atoms with Crippen LogP contribution in [0.2, 0.25) is 0 Å². The van der Waals surface area contributed by atoms with E-state index in [0.29, 0.717) is 0 Å². The summed E-state index contributed by atoms with van der Waals surface area (Å²) in [7, 11) is 0. The van der Waals surface area contributed by atoms with Crippen molar-refractivity contribution in [3.63, 3.8) is 0 Å². The number of hydrogen-bond acceptors (Lipinski definition) is 4. The molecule has 17 heavy (non-hydrogen) atoms. The number of benzene rings is 1. The van der Waals surface area contributed by atoms with Crippen molar-refractivity contribution in [1.82, 2.24) is 4.90 Å². The van der Waals surface area contributed by atoms with Crippen LogP contribution in [0.4, 0.5) is 5.69 Å². The van der Waals surface area contributed by atoms with Crippen LogP contribution in [0.1, 0.15) is 24.4 Å². The van der Waals surface area contributed by atoms with E-state index >= 15 is 0 Å². The monoisotopic (exact) mass is 235 g/mol. The average molecular weight is 235 g/mol. The lowest BCUT2D eigenvalue weighted by Crippen LogP contribution is -2.29. The Hall–Kier alpha value is -1.46. The van der Waals surface area contributed by atoms with Gasteiger partial charge < -0.3 is 10.6 Å². The summed E-state index contributed by atoms with van der Waals surface area (Å²) in [5.74, 6) is 0. The fourth-order valence-corrected chi connectivity index (χ4v) is 2.19. The van der Waals surface area contributed by atoms with E-state index in [-0.39, 0.29) is 11.7 Å². The molecule has 0 amide bonds. The Balaban J connectivity index is 1.98. The molecular formula is C12H17N3O2. The van der Waals surface area contributed by atoms with Crippen molar-refractivity contribution < 1.29 is 4.92 Å². The Morgan fingerprint density at radius 2 is 1.88 bits per heavy atom. The van der Waals surface area contributed by atoms with Crippen LogP contribution in [0.5, 0.6) is 0 Å². The van der Waals surface area contributed by atoms with E-state index in [4.69, 9.17) is 5.73 Å². The summed E-state index contributed by atoms with van der Waals surface area (Å²) in [6.45, 7) is 3.05. The molecule has 1 unspecified atom stereocenters. The van der Waals surface area contributed by atoms with Gasteiger partial charge in [-0.05, 0) is 31.5 Å². The Morgan fingerprint density at radius 1 is 1.29 bits per heavy atom. The van der Waals surface area contributed by atoms with E-state index in [9.17, 15) is 10.1 Å². The first-order valence-corrected chi connectivity index (χ1v) is 5.89. The summed E-state index contributed by atoms with van der Waals surface area (Å²) in [6, 6.07) is 6.46. The van der Waals surface area contributed by atoms with Gasteiger partial charge in [-0.15, -0.1) is 0 Å². The zero-order valence-corrected chi connectivity index (χ0v) is 9.71. The quantitative estimate of drug-likeness (QED) is 0.636. The second-order valence-electron chi connectivity index (χ2n) is 4.46. The molecule has 1 aromatic carbocycles. The minimum atomic E-state index is -0.393. The molecule has 0 bridgehead atoms. The maximum atomic E-state index is 10.5. The third-order valence-corrected chi connectivity index (χ3v) is 3.19. The number of nitro groups is 1.